The molecule has 1 aliphatic rings. The molecule has 1 aliphatic carbocycles. The molecule has 1 heterocycles. The average molecular weight is 260 g/mol. The fourth-order valence-electron chi connectivity index (χ4n) is 2.87. The van der Waals surface area contributed by atoms with E-state index in [4.69, 9.17) is 0 Å². The zero-order valence-corrected chi connectivity index (χ0v) is 11.9. The lowest BCUT2D eigenvalue weighted by Crippen LogP contribution is -2.47. The van der Waals surface area contributed by atoms with Gasteiger partial charge < -0.3 is 5.32 Å². The van der Waals surface area contributed by atoms with E-state index in [9.17, 15) is 10.1 Å². The van der Waals surface area contributed by atoms with Crippen LogP contribution in [0.5, 0.6) is 0 Å². The predicted molar refractivity (Wildman–Crippen MR) is 71.0 cm³/mol. The van der Waals surface area contributed by atoms with Crippen molar-refractivity contribution in [3.8, 4) is 6.07 Å². The van der Waals surface area contributed by atoms with Crippen molar-refractivity contribution < 1.29 is 4.79 Å². The highest BCUT2D eigenvalue weighted by molar-refractivity contribution is 5.86. The van der Waals surface area contributed by atoms with Crippen molar-refractivity contribution in [2.75, 3.05) is 0 Å². The summed E-state index contributed by atoms with van der Waals surface area (Å²) in [5.41, 5.74) is 2.21. The molecule has 5 nitrogen and oxygen atoms in total. The van der Waals surface area contributed by atoms with Crippen LogP contribution in [0.3, 0.4) is 0 Å². The van der Waals surface area contributed by atoms with Crippen molar-refractivity contribution in [2.24, 2.45) is 18.4 Å². The predicted octanol–water partition coefficient (Wildman–Crippen LogP) is 1.59. The Balaban J connectivity index is 2.03. The van der Waals surface area contributed by atoms with Gasteiger partial charge in [0.25, 0.3) is 0 Å². The minimum absolute atomic E-state index is 0.143. The van der Waals surface area contributed by atoms with E-state index in [0.29, 0.717) is 25.3 Å². The highest BCUT2D eigenvalue weighted by Gasteiger charge is 2.48. The normalized spacial score (nSPS) is 25.5. The molecule has 19 heavy (non-hydrogen) atoms. The minimum atomic E-state index is -0.802. The van der Waals surface area contributed by atoms with Gasteiger partial charge >= 0.3 is 0 Å². The first-order chi connectivity index (χ1) is 8.89. The van der Waals surface area contributed by atoms with Crippen molar-refractivity contribution in [3.63, 3.8) is 0 Å². The third-order valence-corrected chi connectivity index (χ3v) is 4.13. The number of nitrogens with one attached hydrogen (secondary N) is 1. The van der Waals surface area contributed by atoms with Gasteiger partial charge in [-0.25, -0.2) is 0 Å². The molecule has 1 N–H and O–H groups in total. The largest absolute Gasteiger partial charge is 0.350 e. The molecule has 0 aromatic carbocycles. The molecule has 0 saturated heterocycles. The Hall–Kier alpha value is -1.83. The molecule has 0 aliphatic heterocycles. The van der Waals surface area contributed by atoms with Crippen LogP contribution in [0.15, 0.2) is 0 Å². The highest BCUT2D eigenvalue weighted by Crippen LogP contribution is 2.45. The summed E-state index contributed by atoms with van der Waals surface area (Å²) < 4.78 is 1.81. The van der Waals surface area contributed by atoms with E-state index in [0.717, 1.165) is 17.0 Å². The number of hydrogen-bond donors (Lipinski definition) is 1. The maximum Gasteiger partial charge on any atom is 0.240 e. The van der Waals surface area contributed by atoms with Crippen LogP contribution in [0.4, 0.5) is 0 Å². The molecule has 0 unspecified atom stereocenters. The number of aryl methyl sites for hydroxylation is 2. The molecule has 1 aromatic heterocycles. The van der Waals surface area contributed by atoms with E-state index in [1.54, 1.807) is 0 Å². The molecule has 1 saturated carbocycles. The van der Waals surface area contributed by atoms with Crippen LogP contribution < -0.4 is 5.32 Å². The van der Waals surface area contributed by atoms with Gasteiger partial charge in [-0.3, -0.25) is 9.48 Å². The van der Waals surface area contributed by atoms with Gasteiger partial charge in [-0.1, -0.05) is 6.92 Å². The SMILES string of the molecule is Cc1nn(C)c(C)c1CNC(=O)C1(C#N)CC(C)C1. The Labute approximate surface area is 113 Å². The lowest BCUT2D eigenvalue weighted by Gasteiger charge is -2.39. The Bertz CT molecular complexity index is 547. The topological polar surface area (TPSA) is 70.7 Å². The monoisotopic (exact) mass is 260 g/mol. The minimum Gasteiger partial charge on any atom is -0.350 e. The van der Waals surface area contributed by atoms with Crippen LogP contribution in [0.2, 0.25) is 0 Å². The smallest absolute Gasteiger partial charge is 0.240 e. The quantitative estimate of drug-likeness (QED) is 0.897. The van der Waals surface area contributed by atoms with Gasteiger partial charge in [0.2, 0.25) is 5.91 Å². The number of nitrogens with zero attached hydrogens (tertiary/aromatic N) is 3. The van der Waals surface area contributed by atoms with Crippen LogP contribution in [0.25, 0.3) is 0 Å². The Morgan fingerprint density at radius 3 is 2.63 bits per heavy atom. The van der Waals surface area contributed by atoms with E-state index in [2.05, 4.69) is 23.4 Å². The lowest BCUT2D eigenvalue weighted by atomic mass is 9.63. The maximum absolute atomic E-state index is 12.2. The molecule has 1 fully saturated rings. The number of nitriles is 1. The summed E-state index contributed by atoms with van der Waals surface area (Å²) in [6.45, 7) is 6.42. The molecule has 102 valence electrons. The third kappa shape index (κ3) is 2.23. The second-order valence-corrected chi connectivity index (χ2v) is 5.66. The zero-order valence-electron chi connectivity index (χ0n) is 11.9. The number of rotatable bonds is 3. The van der Waals surface area contributed by atoms with E-state index in [1.807, 2.05) is 25.6 Å². The number of hydrogen-bond acceptors (Lipinski definition) is 3. The van der Waals surface area contributed by atoms with Crippen molar-refractivity contribution in [1.82, 2.24) is 15.1 Å². The van der Waals surface area contributed by atoms with Crippen molar-refractivity contribution in [1.29, 1.82) is 5.26 Å². The van der Waals surface area contributed by atoms with Crippen LogP contribution in [0.1, 0.15) is 36.7 Å². The standard InChI is InChI=1S/C14H20N4O/c1-9-5-14(6-9,8-15)13(19)16-7-12-10(2)17-18(4)11(12)3/h9H,5-7H2,1-4H3,(H,16,19). The summed E-state index contributed by atoms with van der Waals surface area (Å²) in [5, 5.41) is 16.4. The van der Waals surface area contributed by atoms with Crippen molar-refractivity contribution in [3.05, 3.63) is 17.0 Å². The fourth-order valence-corrected chi connectivity index (χ4v) is 2.87. The lowest BCUT2D eigenvalue weighted by molar-refractivity contribution is -0.134. The first kappa shape index (κ1) is 13.6. The van der Waals surface area contributed by atoms with Gasteiger partial charge in [-0.05, 0) is 32.6 Å². The van der Waals surface area contributed by atoms with Crippen LogP contribution in [-0.2, 0) is 18.4 Å². The van der Waals surface area contributed by atoms with E-state index < -0.39 is 5.41 Å². The van der Waals surface area contributed by atoms with Gasteiger partial charge in [-0.2, -0.15) is 10.4 Å². The second-order valence-electron chi connectivity index (χ2n) is 5.66. The number of carbonyl (C=O) groups is 1. The van der Waals surface area contributed by atoms with E-state index in [1.165, 1.54) is 0 Å². The molecule has 5 heteroatoms. The number of aromatic nitrogens is 2. The van der Waals surface area contributed by atoms with Gasteiger partial charge in [-0.15, -0.1) is 0 Å². The van der Waals surface area contributed by atoms with Gasteiger partial charge in [0.05, 0.1) is 11.8 Å². The average Bonchev–Trinajstić information content (AvgIpc) is 2.56. The molecule has 0 bridgehead atoms. The molecule has 2 rings (SSSR count). The van der Waals surface area contributed by atoms with E-state index >= 15 is 0 Å². The Morgan fingerprint density at radius 1 is 1.58 bits per heavy atom. The molecular weight excluding hydrogens is 240 g/mol. The molecule has 1 aromatic rings. The highest BCUT2D eigenvalue weighted by atomic mass is 16.2. The fraction of sp³-hybridized carbons (Fsp3) is 0.643. The summed E-state index contributed by atoms with van der Waals surface area (Å²) in [6, 6.07) is 2.18. The first-order valence-corrected chi connectivity index (χ1v) is 6.58. The zero-order chi connectivity index (χ0) is 14.2. The second kappa shape index (κ2) is 4.69. The third-order valence-electron chi connectivity index (χ3n) is 4.13. The summed E-state index contributed by atoms with van der Waals surface area (Å²) in [4.78, 5) is 12.2. The molecule has 1 amide bonds. The van der Waals surface area contributed by atoms with Crippen molar-refractivity contribution in [2.45, 2.75) is 40.2 Å². The van der Waals surface area contributed by atoms with Crippen LogP contribution >= 0.6 is 0 Å². The summed E-state index contributed by atoms with van der Waals surface area (Å²) in [5.74, 6) is 0.322. The summed E-state index contributed by atoms with van der Waals surface area (Å²) in [7, 11) is 1.89. The molecular formula is C14H20N4O. The molecule has 0 radical (unpaired) electrons. The van der Waals surface area contributed by atoms with E-state index in [-0.39, 0.29) is 5.91 Å². The molecule has 0 spiro atoms. The van der Waals surface area contributed by atoms with Gasteiger partial charge in [0, 0.05) is 24.8 Å². The number of carbonyl (C=O) groups excluding carboxylic acids is 1. The van der Waals surface area contributed by atoms with Gasteiger partial charge in [0.1, 0.15) is 5.41 Å². The van der Waals surface area contributed by atoms with Crippen molar-refractivity contribution >= 4 is 5.91 Å². The summed E-state index contributed by atoms with van der Waals surface area (Å²) >= 11 is 0. The van der Waals surface area contributed by atoms with Crippen LogP contribution in [0, 0.1) is 36.5 Å². The molecule has 0 atom stereocenters. The van der Waals surface area contributed by atoms with Crippen LogP contribution in [-0.4, -0.2) is 15.7 Å². The summed E-state index contributed by atoms with van der Waals surface area (Å²) in [6.07, 6.45) is 1.33. The van der Waals surface area contributed by atoms with Gasteiger partial charge in [0.15, 0.2) is 0 Å². The Morgan fingerprint density at radius 2 is 2.21 bits per heavy atom. The first-order valence-electron chi connectivity index (χ1n) is 6.58. The number of amides is 1. The Kier molecular flexibility index (Phi) is 3.36. The maximum atomic E-state index is 12.2.